The second-order valence-corrected chi connectivity index (χ2v) is 7.19. The minimum absolute atomic E-state index is 0.110. The molecule has 0 amide bonds. The van der Waals surface area contributed by atoms with Crippen LogP contribution in [0.4, 0.5) is 18.2 Å². The second-order valence-electron chi connectivity index (χ2n) is 6.21. The van der Waals surface area contributed by atoms with E-state index < -0.39 is 11.2 Å². The Morgan fingerprint density at radius 3 is 2.64 bits per heavy atom. The fraction of sp³-hybridized carbons (Fsp3) is 0.588. The summed E-state index contributed by atoms with van der Waals surface area (Å²) in [5.74, 6) is 0.157. The number of halogens is 3. The van der Waals surface area contributed by atoms with Gasteiger partial charge < -0.3 is 19.7 Å². The van der Waals surface area contributed by atoms with Gasteiger partial charge in [-0.1, -0.05) is 11.3 Å². The van der Waals surface area contributed by atoms with E-state index in [1.807, 2.05) is 11.8 Å². The number of thiazole rings is 1. The van der Waals surface area contributed by atoms with E-state index in [9.17, 15) is 13.2 Å². The monoisotopic (exact) mass is 417 g/mol. The molecule has 1 atom stereocenters. The Kier molecular flexibility index (Phi) is 6.23. The lowest BCUT2D eigenvalue weighted by Crippen LogP contribution is -2.49. The van der Waals surface area contributed by atoms with Crippen LogP contribution >= 0.6 is 11.3 Å². The molecule has 1 fully saturated rings. The Balaban J connectivity index is 2.10. The second kappa shape index (κ2) is 8.48. The summed E-state index contributed by atoms with van der Waals surface area (Å²) < 4.78 is 51.0. The normalized spacial score (nSPS) is 17.6. The van der Waals surface area contributed by atoms with E-state index in [4.69, 9.17) is 9.47 Å². The van der Waals surface area contributed by atoms with Crippen LogP contribution in [0, 0.1) is 0 Å². The van der Waals surface area contributed by atoms with Gasteiger partial charge in [-0.25, -0.2) is 9.97 Å². The van der Waals surface area contributed by atoms with Gasteiger partial charge in [-0.3, -0.25) is 0 Å². The van der Waals surface area contributed by atoms with Gasteiger partial charge in [0, 0.05) is 31.9 Å². The van der Waals surface area contributed by atoms with E-state index in [2.05, 4.69) is 20.3 Å². The third-order valence-corrected chi connectivity index (χ3v) is 5.21. The van der Waals surface area contributed by atoms with Gasteiger partial charge in [0.05, 0.1) is 18.8 Å². The topological polar surface area (TPSA) is 72.4 Å². The van der Waals surface area contributed by atoms with E-state index in [-0.39, 0.29) is 23.6 Å². The van der Waals surface area contributed by atoms with Crippen molar-refractivity contribution in [3.63, 3.8) is 0 Å². The average molecular weight is 417 g/mol. The van der Waals surface area contributed by atoms with Crippen molar-refractivity contribution in [3.05, 3.63) is 11.2 Å². The van der Waals surface area contributed by atoms with Gasteiger partial charge in [0.1, 0.15) is 10.7 Å². The summed E-state index contributed by atoms with van der Waals surface area (Å²) in [6, 6.07) is 0.263. The summed E-state index contributed by atoms with van der Waals surface area (Å²) in [5, 5.41) is 2.82. The molecule has 1 aliphatic rings. The molecular formula is C17H22F3N5O2S. The maximum absolute atomic E-state index is 13.4. The SMILES string of the molecule is CCOc1ncc(-c2nc(C(F)(F)F)sc2N2CCN[C@H](C)C2)c(OCC)n1. The van der Waals surface area contributed by atoms with Crippen molar-refractivity contribution < 1.29 is 22.6 Å². The molecular weight excluding hydrogens is 395 g/mol. The van der Waals surface area contributed by atoms with E-state index >= 15 is 0 Å². The molecule has 1 N–H and O–H groups in total. The van der Waals surface area contributed by atoms with Crippen LogP contribution in [-0.4, -0.2) is 53.8 Å². The van der Waals surface area contributed by atoms with E-state index in [1.54, 1.807) is 13.8 Å². The van der Waals surface area contributed by atoms with Crippen molar-refractivity contribution >= 4 is 16.3 Å². The third-order valence-electron chi connectivity index (χ3n) is 4.05. The minimum atomic E-state index is -4.53. The molecule has 0 aromatic carbocycles. The average Bonchev–Trinajstić information content (AvgIpc) is 3.08. The fourth-order valence-corrected chi connectivity index (χ4v) is 3.88. The lowest BCUT2D eigenvalue weighted by Gasteiger charge is -2.33. The van der Waals surface area contributed by atoms with E-state index in [0.29, 0.717) is 54.7 Å². The summed E-state index contributed by atoms with van der Waals surface area (Å²) in [6.45, 7) is 8.05. The van der Waals surface area contributed by atoms with Crippen LogP contribution in [-0.2, 0) is 6.18 Å². The molecule has 0 radical (unpaired) electrons. The molecule has 0 unspecified atom stereocenters. The summed E-state index contributed by atoms with van der Waals surface area (Å²) >= 11 is 0.631. The van der Waals surface area contributed by atoms with Crippen molar-refractivity contribution in [2.75, 3.05) is 37.7 Å². The maximum atomic E-state index is 13.4. The van der Waals surface area contributed by atoms with Crippen LogP contribution in [0.25, 0.3) is 11.3 Å². The van der Waals surface area contributed by atoms with Crippen LogP contribution in [0.5, 0.6) is 11.9 Å². The largest absolute Gasteiger partial charge is 0.477 e. The zero-order valence-corrected chi connectivity index (χ0v) is 16.7. The molecule has 3 heterocycles. The zero-order chi connectivity index (χ0) is 20.3. The quantitative estimate of drug-likeness (QED) is 0.774. The molecule has 1 saturated heterocycles. The molecule has 11 heteroatoms. The smallest absolute Gasteiger partial charge is 0.443 e. The number of nitrogens with one attached hydrogen (secondary N) is 1. The maximum Gasteiger partial charge on any atom is 0.443 e. The molecule has 3 rings (SSSR count). The first-order valence-electron chi connectivity index (χ1n) is 9.02. The molecule has 2 aromatic heterocycles. The summed E-state index contributed by atoms with van der Waals surface area (Å²) in [6.07, 6.45) is -3.12. The molecule has 0 saturated carbocycles. The Morgan fingerprint density at radius 2 is 2.00 bits per heavy atom. The number of aromatic nitrogens is 3. The number of rotatable bonds is 6. The summed E-state index contributed by atoms with van der Waals surface area (Å²) in [7, 11) is 0. The van der Waals surface area contributed by atoms with Gasteiger partial charge in [0.2, 0.25) is 10.9 Å². The van der Waals surface area contributed by atoms with Crippen LogP contribution in [0.15, 0.2) is 6.20 Å². The number of anilines is 1. The molecule has 7 nitrogen and oxygen atoms in total. The fourth-order valence-electron chi connectivity index (χ4n) is 2.90. The van der Waals surface area contributed by atoms with Crippen molar-refractivity contribution in [2.45, 2.75) is 33.0 Å². The molecule has 2 aromatic rings. The van der Waals surface area contributed by atoms with Crippen molar-refractivity contribution in [1.82, 2.24) is 20.3 Å². The highest BCUT2D eigenvalue weighted by atomic mass is 32.1. The molecule has 28 heavy (non-hydrogen) atoms. The molecule has 1 aliphatic heterocycles. The lowest BCUT2D eigenvalue weighted by atomic mass is 10.2. The van der Waals surface area contributed by atoms with Gasteiger partial charge in [-0.05, 0) is 20.8 Å². The highest BCUT2D eigenvalue weighted by Gasteiger charge is 2.38. The summed E-state index contributed by atoms with van der Waals surface area (Å²) in [4.78, 5) is 14.1. The number of nitrogens with zero attached hydrogens (tertiary/aromatic N) is 4. The Bertz CT molecular complexity index is 815. The van der Waals surface area contributed by atoms with Crippen LogP contribution in [0.1, 0.15) is 25.8 Å². The van der Waals surface area contributed by atoms with Crippen LogP contribution < -0.4 is 19.7 Å². The first-order chi connectivity index (χ1) is 13.3. The number of ether oxygens (including phenoxy) is 2. The standard InChI is InChI=1S/C17H22F3N5O2S/c1-4-26-13-11(8-22-16(24-13)27-5-2)12-14(25-7-6-21-10(3)9-25)28-15(23-12)17(18,19)20/h8,10,21H,4-7,9H2,1-3H3/t10-/m1/s1. The minimum Gasteiger partial charge on any atom is -0.477 e. The van der Waals surface area contributed by atoms with Crippen molar-refractivity contribution in [2.24, 2.45) is 0 Å². The zero-order valence-electron chi connectivity index (χ0n) is 15.8. The Morgan fingerprint density at radius 1 is 1.25 bits per heavy atom. The van der Waals surface area contributed by atoms with Crippen molar-refractivity contribution in [3.8, 4) is 23.1 Å². The van der Waals surface area contributed by atoms with Gasteiger partial charge in [-0.2, -0.15) is 18.2 Å². The predicted molar refractivity (Wildman–Crippen MR) is 100 cm³/mol. The highest BCUT2D eigenvalue weighted by Crippen LogP contribution is 2.44. The first-order valence-corrected chi connectivity index (χ1v) is 9.84. The Labute approximate surface area is 164 Å². The first kappa shape index (κ1) is 20.6. The number of alkyl halides is 3. The third kappa shape index (κ3) is 4.46. The number of hydrogen-bond donors (Lipinski definition) is 1. The van der Waals surface area contributed by atoms with Gasteiger partial charge in [-0.15, -0.1) is 0 Å². The van der Waals surface area contributed by atoms with Crippen LogP contribution in [0.2, 0.25) is 0 Å². The summed E-state index contributed by atoms with van der Waals surface area (Å²) in [5.41, 5.74) is 0.496. The predicted octanol–water partition coefficient (Wildman–Crippen LogP) is 3.21. The highest BCUT2D eigenvalue weighted by molar-refractivity contribution is 7.16. The van der Waals surface area contributed by atoms with E-state index in [1.165, 1.54) is 6.20 Å². The van der Waals surface area contributed by atoms with Gasteiger partial charge in [0.15, 0.2) is 0 Å². The van der Waals surface area contributed by atoms with Gasteiger partial charge in [0.25, 0.3) is 0 Å². The van der Waals surface area contributed by atoms with E-state index in [0.717, 1.165) is 0 Å². The van der Waals surface area contributed by atoms with Crippen molar-refractivity contribution in [1.29, 1.82) is 0 Å². The lowest BCUT2D eigenvalue weighted by molar-refractivity contribution is -0.137. The molecule has 0 bridgehead atoms. The molecule has 0 spiro atoms. The molecule has 0 aliphatic carbocycles. The van der Waals surface area contributed by atoms with Gasteiger partial charge >= 0.3 is 12.2 Å². The van der Waals surface area contributed by atoms with Crippen LogP contribution in [0.3, 0.4) is 0 Å². The number of hydrogen-bond acceptors (Lipinski definition) is 8. The molecule has 154 valence electrons. The Hall–Kier alpha value is -2.14. The number of piperazine rings is 1.